The molecule has 5 nitrogen and oxygen atoms in total. The molecule has 2 aromatic rings. The lowest BCUT2D eigenvalue weighted by Crippen LogP contribution is -2.37. The predicted octanol–water partition coefficient (Wildman–Crippen LogP) is 2.68. The number of amides is 1. The van der Waals surface area contributed by atoms with Gasteiger partial charge in [0.25, 0.3) is 0 Å². The van der Waals surface area contributed by atoms with Gasteiger partial charge in [-0.15, -0.1) is 0 Å². The van der Waals surface area contributed by atoms with Crippen molar-refractivity contribution >= 4 is 21.4 Å². The Bertz CT molecular complexity index is 916. The van der Waals surface area contributed by atoms with E-state index in [1.165, 1.54) is 23.8 Å². The first-order valence-electron chi connectivity index (χ1n) is 8.08. The van der Waals surface area contributed by atoms with Crippen molar-refractivity contribution in [1.29, 1.82) is 0 Å². The number of rotatable bonds is 5. The third-order valence-corrected chi connectivity index (χ3v) is 5.72. The molecule has 0 unspecified atom stereocenters. The van der Waals surface area contributed by atoms with Gasteiger partial charge in [-0.05, 0) is 29.7 Å². The minimum atomic E-state index is -4.79. The highest BCUT2D eigenvalue weighted by Crippen LogP contribution is 2.26. The Balaban J connectivity index is 1.70. The van der Waals surface area contributed by atoms with Gasteiger partial charge >= 0.3 is 5.76 Å². The average molecular weight is 380 g/mol. The van der Waals surface area contributed by atoms with E-state index >= 15 is 0 Å². The summed E-state index contributed by atoms with van der Waals surface area (Å²) in [5.41, 5.74) is 2.26. The van der Waals surface area contributed by atoms with E-state index in [1.54, 1.807) is 0 Å². The van der Waals surface area contributed by atoms with Crippen molar-refractivity contribution in [2.75, 3.05) is 18.4 Å². The van der Waals surface area contributed by atoms with Crippen molar-refractivity contribution in [3.63, 3.8) is 0 Å². The van der Waals surface area contributed by atoms with E-state index in [2.05, 4.69) is 11.4 Å². The third-order valence-electron chi connectivity index (χ3n) is 4.28. The van der Waals surface area contributed by atoms with Gasteiger partial charge in [0.05, 0.1) is 17.1 Å². The number of alkyl halides is 2. The second kappa shape index (κ2) is 7.51. The van der Waals surface area contributed by atoms with E-state index in [9.17, 15) is 22.0 Å². The lowest BCUT2D eigenvalue weighted by atomic mass is 10.00. The Morgan fingerprint density at radius 2 is 1.73 bits per heavy atom. The van der Waals surface area contributed by atoms with Crippen LogP contribution in [0, 0.1) is 0 Å². The molecule has 0 fully saturated rings. The molecule has 0 aliphatic carbocycles. The predicted molar refractivity (Wildman–Crippen MR) is 93.7 cm³/mol. The number of fused-ring (bicyclic) bond motifs is 1. The molecule has 0 saturated heterocycles. The topological polar surface area (TPSA) is 66.5 Å². The molecule has 0 radical (unpaired) electrons. The summed E-state index contributed by atoms with van der Waals surface area (Å²) in [5.74, 6) is -3.99. The third kappa shape index (κ3) is 3.91. The van der Waals surface area contributed by atoms with Crippen molar-refractivity contribution in [3.05, 3.63) is 59.7 Å². The number of hydrogen-bond donors (Lipinski definition) is 1. The average Bonchev–Trinajstić information content (AvgIpc) is 2.61. The molecule has 0 atom stereocenters. The quantitative estimate of drug-likeness (QED) is 0.866. The Morgan fingerprint density at radius 1 is 1.08 bits per heavy atom. The van der Waals surface area contributed by atoms with Crippen molar-refractivity contribution in [1.82, 2.24) is 4.90 Å². The van der Waals surface area contributed by atoms with Crippen LogP contribution in [0.4, 0.5) is 14.5 Å². The number of nitrogens with one attached hydrogen (secondary N) is 1. The van der Waals surface area contributed by atoms with E-state index in [4.69, 9.17) is 0 Å². The summed E-state index contributed by atoms with van der Waals surface area (Å²) >= 11 is 0. The van der Waals surface area contributed by atoms with E-state index in [0.29, 0.717) is 13.1 Å². The molecule has 3 rings (SSSR count). The van der Waals surface area contributed by atoms with Crippen molar-refractivity contribution in [2.45, 2.75) is 23.6 Å². The van der Waals surface area contributed by atoms with Gasteiger partial charge in [-0.25, -0.2) is 8.42 Å². The molecule has 0 saturated carbocycles. The van der Waals surface area contributed by atoms with Crippen molar-refractivity contribution in [2.24, 2.45) is 0 Å². The van der Waals surface area contributed by atoms with Gasteiger partial charge in [0.15, 0.2) is 0 Å². The van der Waals surface area contributed by atoms with Gasteiger partial charge in [0.2, 0.25) is 15.7 Å². The fourth-order valence-electron chi connectivity index (χ4n) is 3.00. The van der Waals surface area contributed by atoms with E-state index in [-0.39, 0.29) is 12.2 Å². The number of carbonyl (C=O) groups is 1. The van der Waals surface area contributed by atoms with Gasteiger partial charge in [0, 0.05) is 13.1 Å². The van der Waals surface area contributed by atoms with E-state index < -0.39 is 26.4 Å². The summed E-state index contributed by atoms with van der Waals surface area (Å²) in [5, 5.41) is 2.45. The number of carbonyl (C=O) groups excluding carboxylic acids is 1. The maximum Gasteiger partial charge on any atom is 0.341 e. The highest BCUT2D eigenvalue weighted by molar-refractivity contribution is 7.91. The van der Waals surface area contributed by atoms with Crippen LogP contribution < -0.4 is 5.32 Å². The molecular weight excluding hydrogens is 362 g/mol. The summed E-state index contributed by atoms with van der Waals surface area (Å²) in [7, 11) is -4.79. The fourth-order valence-corrected chi connectivity index (χ4v) is 3.88. The molecule has 1 aliphatic heterocycles. The summed E-state index contributed by atoms with van der Waals surface area (Å²) < 4.78 is 49.1. The number of anilines is 1. The molecule has 0 bridgehead atoms. The van der Waals surface area contributed by atoms with Crippen LogP contribution in [0.25, 0.3) is 0 Å². The number of nitrogens with zero attached hydrogens (tertiary/aromatic N) is 1. The zero-order valence-electron chi connectivity index (χ0n) is 13.9. The second-order valence-corrected chi connectivity index (χ2v) is 7.97. The summed E-state index contributed by atoms with van der Waals surface area (Å²) in [6.07, 6.45) is 0.819. The highest BCUT2D eigenvalue weighted by Gasteiger charge is 2.29. The molecule has 26 heavy (non-hydrogen) atoms. The van der Waals surface area contributed by atoms with Crippen LogP contribution in [0.5, 0.6) is 0 Å². The van der Waals surface area contributed by atoms with Gasteiger partial charge in [-0.1, -0.05) is 36.4 Å². The normalized spacial score (nSPS) is 14.9. The van der Waals surface area contributed by atoms with Gasteiger partial charge in [0.1, 0.15) is 0 Å². The number of benzene rings is 2. The monoisotopic (exact) mass is 380 g/mol. The lowest BCUT2D eigenvalue weighted by molar-refractivity contribution is -0.117. The maximum atomic E-state index is 12.8. The second-order valence-electron chi connectivity index (χ2n) is 6.08. The molecule has 0 aromatic heterocycles. The molecule has 1 N–H and O–H groups in total. The minimum Gasteiger partial charge on any atom is -0.324 e. The highest BCUT2D eigenvalue weighted by atomic mass is 32.2. The maximum absolute atomic E-state index is 12.8. The molecule has 1 aliphatic rings. The molecule has 0 spiro atoms. The Hall–Kier alpha value is -2.32. The number of hydrogen-bond acceptors (Lipinski definition) is 4. The fraction of sp³-hybridized carbons (Fsp3) is 0.278. The van der Waals surface area contributed by atoms with Crippen molar-refractivity contribution in [3.8, 4) is 0 Å². The van der Waals surface area contributed by atoms with Crippen LogP contribution in [-0.4, -0.2) is 38.1 Å². The minimum absolute atomic E-state index is 0.0530. The summed E-state index contributed by atoms with van der Waals surface area (Å²) in [6, 6.07) is 13.2. The van der Waals surface area contributed by atoms with Crippen LogP contribution in [0.1, 0.15) is 11.1 Å². The first kappa shape index (κ1) is 18.5. The van der Waals surface area contributed by atoms with E-state index in [0.717, 1.165) is 18.1 Å². The Morgan fingerprint density at radius 3 is 2.46 bits per heavy atom. The summed E-state index contributed by atoms with van der Waals surface area (Å²) in [6.45, 7) is 1.36. The smallest absolute Gasteiger partial charge is 0.324 e. The summed E-state index contributed by atoms with van der Waals surface area (Å²) in [4.78, 5) is 13.7. The Labute approximate surface area is 150 Å². The van der Waals surface area contributed by atoms with Crippen LogP contribution >= 0.6 is 0 Å². The molecule has 138 valence electrons. The lowest BCUT2D eigenvalue weighted by Gasteiger charge is -2.28. The zero-order chi connectivity index (χ0) is 18.7. The first-order chi connectivity index (χ1) is 12.4. The Kier molecular flexibility index (Phi) is 5.33. The van der Waals surface area contributed by atoms with Crippen LogP contribution in [-0.2, 0) is 27.6 Å². The molecule has 8 heteroatoms. The molecular formula is C18H18F2N2O3S. The largest absolute Gasteiger partial charge is 0.341 e. The first-order valence-corrected chi connectivity index (χ1v) is 9.62. The van der Waals surface area contributed by atoms with E-state index in [1.807, 2.05) is 23.1 Å². The number of sulfone groups is 1. The molecule has 1 amide bonds. The van der Waals surface area contributed by atoms with Gasteiger partial charge in [-0.3, -0.25) is 9.69 Å². The SMILES string of the molecule is O=C(CN1CCc2ccccc2C1)Nc1ccccc1S(=O)(=O)C(F)F. The number of halogens is 2. The van der Waals surface area contributed by atoms with Gasteiger partial charge < -0.3 is 5.32 Å². The van der Waals surface area contributed by atoms with Crippen LogP contribution in [0.2, 0.25) is 0 Å². The zero-order valence-corrected chi connectivity index (χ0v) is 14.7. The van der Waals surface area contributed by atoms with Gasteiger partial charge in [-0.2, -0.15) is 8.78 Å². The molecule has 1 heterocycles. The number of para-hydroxylation sites is 1. The van der Waals surface area contributed by atoms with Crippen molar-refractivity contribution < 1.29 is 22.0 Å². The standard InChI is InChI=1S/C18H18F2N2O3S/c19-18(20)26(24,25)16-8-4-3-7-15(16)21-17(23)12-22-10-9-13-5-1-2-6-14(13)11-22/h1-8,18H,9-12H2,(H,21,23). The molecule has 2 aromatic carbocycles. The van der Waals surface area contributed by atoms with Crippen LogP contribution in [0.3, 0.4) is 0 Å². The van der Waals surface area contributed by atoms with Crippen LogP contribution in [0.15, 0.2) is 53.4 Å².